The number of carbonyl (C=O) groups excluding carboxylic acids is 1. The number of rotatable bonds is 4. The highest BCUT2D eigenvalue weighted by Crippen LogP contribution is 2.27. The third-order valence-corrected chi connectivity index (χ3v) is 3.38. The Labute approximate surface area is 104 Å². The second-order valence-electron chi connectivity index (χ2n) is 3.05. The SMILES string of the molecule is CNC(=O)/C=C(\N)CSc1ccccc1Cl. The molecule has 1 aromatic rings. The Kier molecular flexibility index (Phi) is 5.22. The maximum Gasteiger partial charge on any atom is 0.245 e. The molecule has 1 aromatic carbocycles. The van der Waals surface area contributed by atoms with E-state index in [1.807, 2.05) is 24.3 Å². The van der Waals surface area contributed by atoms with Gasteiger partial charge in [-0.25, -0.2) is 0 Å². The fourth-order valence-corrected chi connectivity index (χ4v) is 2.09. The Morgan fingerprint density at radius 3 is 2.88 bits per heavy atom. The zero-order chi connectivity index (χ0) is 12.0. The summed E-state index contributed by atoms with van der Waals surface area (Å²) in [7, 11) is 1.56. The summed E-state index contributed by atoms with van der Waals surface area (Å²) < 4.78 is 0. The molecule has 0 bridgehead atoms. The predicted octanol–water partition coefficient (Wildman–Crippen LogP) is 2.02. The van der Waals surface area contributed by atoms with Crippen molar-refractivity contribution in [2.75, 3.05) is 12.8 Å². The number of carbonyl (C=O) groups is 1. The maximum absolute atomic E-state index is 11.0. The molecule has 0 saturated carbocycles. The highest BCUT2D eigenvalue weighted by atomic mass is 35.5. The van der Waals surface area contributed by atoms with Gasteiger partial charge < -0.3 is 11.1 Å². The molecule has 16 heavy (non-hydrogen) atoms. The first-order valence-corrected chi connectivity index (χ1v) is 6.05. The third-order valence-electron chi connectivity index (χ3n) is 1.79. The minimum atomic E-state index is -0.197. The van der Waals surface area contributed by atoms with Crippen molar-refractivity contribution in [3.8, 4) is 0 Å². The number of benzene rings is 1. The number of thioether (sulfide) groups is 1. The molecular formula is C11H13ClN2OS. The quantitative estimate of drug-likeness (QED) is 0.640. The van der Waals surface area contributed by atoms with Gasteiger partial charge in [-0.1, -0.05) is 23.7 Å². The van der Waals surface area contributed by atoms with Crippen LogP contribution in [0, 0.1) is 0 Å². The van der Waals surface area contributed by atoms with Crippen molar-refractivity contribution in [3.05, 3.63) is 41.1 Å². The number of nitrogens with one attached hydrogen (secondary N) is 1. The number of hydrogen-bond donors (Lipinski definition) is 2. The van der Waals surface area contributed by atoms with Crippen LogP contribution in [0.2, 0.25) is 5.02 Å². The smallest absolute Gasteiger partial charge is 0.245 e. The summed E-state index contributed by atoms with van der Waals surface area (Å²) in [4.78, 5) is 12.0. The molecule has 0 heterocycles. The van der Waals surface area contributed by atoms with E-state index in [1.54, 1.807) is 7.05 Å². The standard InChI is InChI=1S/C11H13ClN2OS/c1-14-11(15)6-8(13)7-16-10-5-3-2-4-9(10)12/h2-6H,7,13H2,1H3,(H,14,15)/b8-6-. The molecule has 0 fully saturated rings. The first kappa shape index (κ1) is 12.9. The van der Waals surface area contributed by atoms with Crippen LogP contribution >= 0.6 is 23.4 Å². The van der Waals surface area contributed by atoms with Gasteiger partial charge in [0.2, 0.25) is 5.91 Å². The maximum atomic E-state index is 11.0. The van der Waals surface area contributed by atoms with Crippen LogP contribution in [0.25, 0.3) is 0 Å². The first-order valence-electron chi connectivity index (χ1n) is 4.68. The predicted molar refractivity (Wildman–Crippen MR) is 68.5 cm³/mol. The summed E-state index contributed by atoms with van der Waals surface area (Å²) in [6.07, 6.45) is 1.38. The van der Waals surface area contributed by atoms with E-state index >= 15 is 0 Å². The van der Waals surface area contributed by atoms with Crippen LogP contribution in [0.4, 0.5) is 0 Å². The van der Waals surface area contributed by atoms with Crippen LogP contribution in [0.1, 0.15) is 0 Å². The summed E-state index contributed by atoms with van der Waals surface area (Å²) in [5.74, 6) is 0.342. The number of nitrogens with two attached hydrogens (primary N) is 1. The molecule has 0 spiro atoms. The van der Waals surface area contributed by atoms with Crippen molar-refractivity contribution in [1.29, 1.82) is 0 Å². The van der Waals surface area contributed by atoms with Gasteiger partial charge in [-0.3, -0.25) is 4.79 Å². The average Bonchev–Trinajstić information content (AvgIpc) is 2.28. The molecule has 86 valence electrons. The summed E-state index contributed by atoms with van der Waals surface area (Å²) in [6, 6.07) is 7.52. The monoisotopic (exact) mass is 256 g/mol. The fourth-order valence-electron chi connectivity index (χ4n) is 1.01. The Bertz CT molecular complexity index is 407. The molecule has 0 aliphatic carbocycles. The van der Waals surface area contributed by atoms with Crippen molar-refractivity contribution in [3.63, 3.8) is 0 Å². The summed E-state index contributed by atoms with van der Waals surface area (Å²) in [5.41, 5.74) is 6.20. The van der Waals surface area contributed by atoms with Crippen molar-refractivity contribution < 1.29 is 4.79 Å². The van der Waals surface area contributed by atoms with E-state index in [2.05, 4.69) is 5.32 Å². The van der Waals surface area contributed by atoms with Gasteiger partial charge in [0, 0.05) is 29.5 Å². The van der Waals surface area contributed by atoms with Gasteiger partial charge in [-0.05, 0) is 12.1 Å². The molecule has 0 aromatic heterocycles. The van der Waals surface area contributed by atoms with Gasteiger partial charge >= 0.3 is 0 Å². The van der Waals surface area contributed by atoms with Gasteiger partial charge in [0.05, 0.1) is 5.02 Å². The number of halogens is 1. The molecule has 0 aliphatic heterocycles. The topological polar surface area (TPSA) is 55.1 Å². The van der Waals surface area contributed by atoms with E-state index in [1.165, 1.54) is 17.8 Å². The molecule has 1 rings (SSSR count). The van der Waals surface area contributed by atoms with E-state index in [0.29, 0.717) is 16.5 Å². The van der Waals surface area contributed by atoms with Crippen molar-refractivity contribution in [2.24, 2.45) is 5.73 Å². The lowest BCUT2D eigenvalue weighted by Gasteiger charge is -2.03. The van der Waals surface area contributed by atoms with Gasteiger partial charge in [-0.2, -0.15) is 0 Å². The molecule has 0 radical (unpaired) electrons. The lowest BCUT2D eigenvalue weighted by molar-refractivity contribution is -0.116. The van der Waals surface area contributed by atoms with Crippen LogP contribution in [0.5, 0.6) is 0 Å². The summed E-state index contributed by atoms with van der Waals surface area (Å²) >= 11 is 7.48. The van der Waals surface area contributed by atoms with Crippen LogP contribution in [0.3, 0.4) is 0 Å². The zero-order valence-electron chi connectivity index (χ0n) is 8.87. The lowest BCUT2D eigenvalue weighted by atomic mass is 10.4. The Morgan fingerprint density at radius 1 is 1.56 bits per heavy atom. The van der Waals surface area contributed by atoms with Gasteiger partial charge in [0.15, 0.2) is 0 Å². The van der Waals surface area contributed by atoms with Crippen molar-refractivity contribution in [2.45, 2.75) is 4.90 Å². The van der Waals surface area contributed by atoms with Crippen LogP contribution in [0.15, 0.2) is 40.9 Å². The molecule has 0 unspecified atom stereocenters. The van der Waals surface area contributed by atoms with Crippen molar-refractivity contribution >= 4 is 29.3 Å². The van der Waals surface area contributed by atoms with Crippen LogP contribution in [-0.2, 0) is 4.79 Å². The van der Waals surface area contributed by atoms with E-state index in [-0.39, 0.29) is 5.91 Å². The van der Waals surface area contributed by atoms with Gasteiger partial charge in [0.1, 0.15) is 0 Å². The van der Waals surface area contributed by atoms with E-state index in [9.17, 15) is 4.79 Å². The number of likely N-dealkylation sites (N-methyl/N-ethyl adjacent to an activating group) is 1. The molecule has 0 saturated heterocycles. The summed E-state index contributed by atoms with van der Waals surface area (Å²) in [5, 5.41) is 3.17. The minimum Gasteiger partial charge on any atom is -0.401 e. The number of amides is 1. The second-order valence-corrected chi connectivity index (χ2v) is 4.48. The van der Waals surface area contributed by atoms with Crippen LogP contribution in [-0.4, -0.2) is 18.7 Å². The first-order chi connectivity index (χ1) is 7.63. The highest BCUT2D eigenvalue weighted by molar-refractivity contribution is 7.99. The lowest BCUT2D eigenvalue weighted by Crippen LogP contribution is -2.17. The van der Waals surface area contributed by atoms with Crippen LogP contribution < -0.4 is 11.1 Å². The fraction of sp³-hybridized carbons (Fsp3) is 0.182. The number of hydrogen-bond acceptors (Lipinski definition) is 3. The van der Waals surface area contributed by atoms with E-state index < -0.39 is 0 Å². The van der Waals surface area contributed by atoms with E-state index in [4.69, 9.17) is 17.3 Å². The second kappa shape index (κ2) is 6.45. The molecule has 1 amide bonds. The third kappa shape index (κ3) is 4.16. The minimum absolute atomic E-state index is 0.197. The highest BCUT2D eigenvalue weighted by Gasteiger charge is 2.01. The molecule has 3 nitrogen and oxygen atoms in total. The molecule has 5 heteroatoms. The molecule has 0 atom stereocenters. The Morgan fingerprint density at radius 2 is 2.25 bits per heavy atom. The molecule has 3 N–H and O–H groups in total. The normalized spacial score (nSPS) is 11.2. The zero-order valence-corrected chi connectivity index (χ0v) is 10.4. The molecule has 0 aliphatic rings. The largest absolute Gasteiger partial charge is 0.401 e. The summed E-state index contributed by atoms with van der Waals surface area (Å²) in [6.45, 7) is 0. The average molecular weight is 257 g/mol. The molecular weight excluding hydrogens is 244 g/mol. The van der Waals surface area contributed by atoms with E-state index in [0.717, 1.165) is 4.90 Å². The Balaban J connectivity index is 2.55. The van der Waals surface area contributed by atoms with Crippen molar-refractivity contribution in [1.82, 2.24) is 5.32 Å². The van der Waals surface area contributed by atoms with Gasteiger partial charge in [0.25, 0.3) is 0 Å². The Hall–Kier alpha value is -1.13. The van der Waals surface area contributed by atoms with Gasteiger partial charge in [-0.15, -0.1) is 11.8 Å².